The summed E-state index contributed by atoms with van der Waals surface area (Å²) in [5.74, 6) is 0. The Morgan fingerprint density at radius 1 is 0.419 bits per heavy atom. The first kappa shape index (κ1) is 38.5. The average Bonchev–Trinajstić information content (AvgIpc) is 2.86. The van der Waals surface area contributed by atoms with Crippen LogP contribution in [-0.4, -0.2) is 19.9 Å². The molecule has 4 nitrogen and oxygen atoms in total. The Hall–Kier alpha value is -3.14. The predicted molar refractivity (Wildman–Crippen MR) is 142 cm³/mol. The van der Waals surface area contributed by atoms with E-state index in [9.17, 15) is 0 Å². The zero-order chi connectivity index (χ0) is 21.3. The van der Waals surface area contributed by atoms with Gasteiger partial charge in [0.2, 0.25) is 0 Å². The molecule has 1 aromatic carbocycles. The number of nitrogens with zero attached hydrogens (tertiary/aromatic N) is 4. The van der Waals surface area contributed by atoms with Gasteiger partial charge in [0.05, 0.1) is 0 Å². The smallest absolute Gasteiger partial charge is 0.115 e. The van der Waals surface area contributed by atoms with Crippen molar-refractivity contribution in [1.82, 2.24) is 19.9 Å². The highest BCUT2D eigenvalue weighted by atomic mass is 14.8. The van der Waals surface area contributed by atoms with Crippen LogP contribution >= 0.6 is 0 Å². The van der Waals surface area contributed by atoms with Crippen LogP contribution in [0.5, 0.6) is 0 Å². The number of pyridine rings is 2. The standard InChI is InChI=1S/C9H7N.C5H5N.C4H4N2.3C2H6.3CH4/c1-2-4-9-7-10-6-5-8(9)3-1;1-2-4-6-5-3-1;1-2-5-4-6-3-1;3*1-2;;;/h1-7H;1-5H;1-4H;3*1-2H3;3*1H4. The lowest BCUT2D eigenvalue weighted by molar-refractivity contribution is 1.17. The molecule has 0 fully saturated rings. The van der Waals surface area contributed by atoms with E-state index in [-0.39, 0.29) is 22.3 Å². The second-order valence-corrected chi connectivity index (χ2v) is 4.15. The summed E-state index contributed by atoms with van der Waals surface area (Å²) in [6.45, 7) is 12.0. The normalized spacial score (nSPS) is 6.90. The molecule has 0 N–H and O–H groups in total. The Morgan fingerprint density at radius 3 is 1.23 bits per heavy atom. The van der Waals surface area contributed by atoms with E-state index in [1.165, 1.54) is 17.1 Å². The third-order valence-corrected chi connectivity index (χ3v) is 2.59. The van der Waals surface area contributed by atoms with Crippen molar-refractivity contribution in [2.24, 2.45) is 0 Å². The van der Waals surface area contributed by atoms with Crippen LogP contribution in [0.4, 0.5) is 0 Å². The predicted octanol–water partition coefficient (Wildman–Crippen LogP) is 8.78. The molecule has 4 heteroatoms. The molecular formula is C27H46N4. The lowest BCUT2D eigenvalue weighted by atomic mass is 10.2. The lowest BCUT2D eigenvalue weighted by Gasteiger charge is -1.91. The number of rotatable bonds is 0. The molecule has 0 atom stereocenters. The van der Waals surface area contributed by atoms with E-state index in [2.05, 4.69) is 32.1 Å². The van der Waals surface area contributed by atoms with Crippen molar-refractivity contribution in [1.29, 1.82) is 0 Å². The van der Waals surface area contributed by atoms with Crippen molar-refractivity contribution in [3.63, 3.8) is 0 Å². The summed E-state index contributed by atoms with van der Waals surface area (Å²) in [7, 11) is 0. The maximum atomic E-state index is 4.01. The maximum absolute atomic E-state index is 4.01. The summed E-state index contributed by atoms with van der Waals surface area (Å²) in [5.41, 5.74) is 0. The second kappa shape index (κ2) is 34.4. The Kier molecular flexibility index (Phi) is 42.6. The second-order valence-electron chi connectivity index (χ2n) is 4.15. The Bertz CT molecular complexity index is 598. The molecule has 0 spiro atoms. The van der Waals surface area contributed by atoms with Gasteiger partial charge in [0.25, 0.3) is 0 Å². The van der Waals surface area contributed by atoms with Crippen LogP contribution < -0.4 is 0 Å². The Morgan fingerprint density at radius 2 is 0.903 bits per heavy atom. The lowest BCUT2D eigenvalue weighted by Crippen LogP contribution is -1.71. The number of benzene rings is 1. The van der Waals surface area contributed by atoms with Gasteiger partial charge in [0.15, 0.2) is 0 Å². The molecule has 0 unspecified atom stereocenters. The van der Waals surface area contributed by atoms with Crippen molar-refractivity contribution in [3.05, 3.63) is 98.1 Å². The first-order chi connectivity index (χ1) is 14.0. The molecule has 0 aliphatic heterocycles. The van der Waals surface area contributed by atoms with Crippen LogP contribution in [0, 0.1) is 0 Å². The highest BCUT2D eigenvalue weighted by Crippen LogP contribution is 2.09. The fourth-order valence-corrected chi connectivity index (χ4v) is 1.59. The molecule has 0 bridgehead atoms. The van der Waals surface area contributed by atoms with E-state index >= 15 is 0 Å². The number of hydrogen-bond acceptors (Lipinski definition) is 4. The molecule has 0 saturated heterocycles. The van der Waals surface area contributed by atoms with Crippen LogP contribution in [0.15, 0.2) is 98.1 Å². The van der Waals surface area contributed by atoms with Gasteiger partial charge in [-0.15, -0.1) is 0 Å². The average molecular weight is 427 g/mol. The molecule has 0 amide bonds. The number of hydrogen-bond donors (Lipinski definition) is 0. The van der Waals surface area contributed by atoms with Crippen molar-refractivity contribution in [2.45, 2.75) is 63.8 Å². The molecular weight excluding hydrogens is 380 g/mol. The van der Waals surface area contributed by atoms with E-state index in [4.69, 9.17) is 0 Å². The molecule has 31 heavy (non-hydrogen) atoms. The van der Waals surface area contributed by atoms with E-state index in [1.807, 2.05) is 90.3 Å². The number of aromatic nitrogens is 4. The van der Waals surface area contributed by atoms with Gasteiger partial charge in [-0.05, 0) is 35.0 Å². The van der Waals surface area contributed by atoms with Crippen molar-refractivity contribution in [3.8, 4) is 0 Å². The zero-order valence-electron chi connectivity index (χ0n) is 18.0. The van der Waals surface area contributed by atoms with Crippen molar-refractivity contribution < 1.29 is 0 Å². The molecule has 0 aliphatic rings. The first-order valence-electron chi connectivity index (χ1n) is 9.80. The molecule has 3 aromatic heterocycles. The largest absolute Gasteiger partial charge is 0.265 e. The summed E-state index contributed by atoms with van der Waals surface area (Å²) >= 11 is 0. The van der Waals surface area contributed by atoms with Gasteiger partial charge in [-0.25, -0.2) is 9.97 Å². The molecule has 4 aromatic rings. The minimum atomic E-state index is 0. The van der Waals surface area contributed by atoms with Gasteiger partial charge in [-0.2, -0.15) is 0 Å². The van der Waals surface area contributed by atoms with Crippen molar-refractivity contribution >= 4 is 10.8 Å². The molecule has 0 radical (unpaired) electrons. The van der Waals surface area contributed by atoms with E-state index in [1.54, 1.807) is 30.9 Å². The van der Waals surface area contributed by atoms with Crippen LogP contribution in [-0.2, 0) is 0 Å². The van der Waals surface area contributed by atoms with Crippen molar-refractivity contribution in [2.75, 3.05) is 0 Å². The third kappa shape index (κ3) is 23.0. The van der Waals surface area contributed by atoms with Crippen LogP contribution in [0.1, 0.15) is 63.8 Å². The highest BCUT2D eigenvalue weighted by molar-refractivity contribution is 5.80. The van der Waals surface area contributed by atoms with Gasteiger partial charge >= 0.3 is 0 Å². The van der Waals surface area contributed by atoms with E-state index in [0.29, 0.717) is 0 Å². The minimum Gasteiger partial charge on any atom is -0.265 e. The Labute approximate surface area is 192 Å². The third-order valence-electron chi connectivity index (χ3n) is 2.59. The quantitative estimate of drug-likeness (QED) is 0.282. The van der Waals surface area contributed by atoms with Gasteiger partial charge in [0, 0.05) is 37.2 Å². The molecule has 4 rings (SSSR count). The van der Waals surface area contributed by atoms with Gasteiger partial charge < -0.3 is 0 Å². The zero-order valence-corrected chi connectivity index (χ0v) is 18.0. The minimum absolute atomic E-state index is 0. The molecule has 174 valence electrons. The summed E-state index contributed by atoms with van der Waals surface area (Å²) < 4.78 is 0. The summed E-state index contributed by atoms with van der Waals surface area (Å²) in [6, 6.07) is 17.7. The fourth-order valence-electron chi connectivity index (χ4n) is 1.59. The number of fused-ring (bicyclic) bond motifs is 1. The van der Waals surface area contributed by atoms with Crippen LogP contribution in [0.25, 0.3) is 10.8 Å². The first-order valence-corrected chi connectivity index (χ1v) is 9.80. The molecule has 0 aliphatic carbocycles. The fraction of sp³-hybridized carbons (Fsp3) is 0.333. The monoisotopic (exact) mass is 426 g/mol. The van der Waals surface area contributed by atoms with E-state index < -0.39 is 0 Å². The van der Waals surface area contributed by atoms with Crippen LogP contribution in [0.2, 0.25) is 0 Å². The van der Waals surface area contributed by atoms with Crippen LogP contribution in [0.3, 0.4) is 0 Å². The molecule has 0 saturated carbocycles. The summed E-state index contributed by atoms with van der Waals surface area (Å²) in [5, 5.41) is 2.45. The van der Waals surface area contributed by atoms with E-state index in [0.717, 1.165) is 0 Å². The van der Waals surface area contributed by atoms with Gasteiger partial charge in [-0.3, -0.25) is 9.97 Å². The Balaban J connectivity index is -0.0000000960. The topological polar surface area (TPSA) is 51.6 Å². The summed E-state index contributed by atoms with van der Waals surface area (Å²) in [4.78, 5) is 15.1. The highest BCUT2D eigenvalue weighted by Gasteiger charge is 1.86. The van der Waals surface area contributed by atoms with Gasteiger partial charge in [0.1, 0.15) is 6.33 Å². The summed E-state index contributed by atoms with van der Waals surface area (Å²) in [6.07, 6.45) is 12.1. The molecule has 3 heterocycles. The van der Waals surface area contributed by atoms with Gasteiger partial charge in [-0.1, -0.05) is 94.2 Å². The maximum Gasteiger partial charge on any atom is 0.115 e. The SMILES string of the molecule is C.C.C.CC.CC.CC.c1ccc2cnccc2c1.c1ccncc1.c1cncnc1.